The van der Waals surface area contributed by atoms with Crippen molar-refractivity contribution in [3.63, 3.8) is 0 Å². The number of hydrogen-bond acceptors (Lipinski definition) is 2. The first-order valence-electron chi connectivity index (χ1n) is 7.90. The van der Waals surface area contributed by atoms with E-state index in [-0.39, 0.29) is 11.9 Å². The first-order valence-corrected chi connectivity index (χ1v) is 7.90. The molecule has 1 aliphatic heterocycles. The minimum Gasteiger partial charge on any atom is -0.310 e. The molecule has 0 amide bonds. The normalized spacial score (nSPS) is 21.9. The van der Waals surface area contributed by atoms with Crippen molar-refractivity contribution in [2.45, 2.75) is 51.6 Å². The van der Waals surface area contributed by atoms with Gasteiger partial charge in [-0.25, -0.2) is 4.39 Å². The van der Waals surface area contributed by atoms with Gasteiger partial charge in [-0.15, -0.1) is 0 Å². The molecule has 0 bridgehead atoms. The zero-order valence-corrected chi connectivity index (χ0v) is 12.7. The van der Waals surface area contributed by atoms with Crippen molar-refractivity contribution < 1.29 is 4.39 Å². The molecule has 1 N–H and O–H groups in total. The smallest absolute Gasteiger partial charge is 0.127 e. The Morgan fingerprint density at radius 3 is 2.90 bits per heavy atom. The Labute approximate surface area is 122 Å². The maximum atomic E-state index is 13.6. The molecule has 2 unspecified atom stereocenters. The topological polar surface area (TPSA) is 15.3 Å². The molecule has 0 saturated carbocycles. The van der Waals surface area contributed by atoms with Crippen LogP contribution in [0.1, 0.15) is 51.1 Å². The number of nitrogens with zero attached hydrogens (tertiary/aromatic N) is 1. The first kappa shape index (κ1) is 15.5. The van der Waals surface area contributed by atoms with Crippen molar-refractivity contribution in [3.05, 3.63) is 35.6 Å². The Morgan fingerprint density at radius 2 is 2.15 bits per heavy atom. The van der Waals surface area contributed by atoms with E-state index in [1.165, 1.54) is 31.9 Å². The van der Waals surface area contributed by atoms with Gasteiger partial charge in [-0.1, -0.05) is 24.6 Å². The van der Waals surface area contributed by atoms with E-state index in [1.54, 1.807) is 6.07 Å². The zero-order chi connectivity index (χ0) is 14.4. The van der Waals surface area contributed by atoms with E-state index in [0.29, 0.717) is 0 Å². The lowest BCUT2D eigenvalue weighted by atomic mass is 10.0. The molecule has 0 spiro atoms. The Hall–Kier alpha value is -0.930. The van der Waals surface area contributed by atoms with Gasteiger partial charge in [-0.2, -0.15) is 0 Å². The summed E-state index contributed by atoms with van der Waals surface area (Å²) in [5.74, 6) is -0.114. The summed E-state index contributed by atoms with van der Waals surface area (Å²) in [4.78, 5) is 2.58. The number of benzene rings is 1. The molecule has 0 aliphatic carbocycles. The summed E-state index contributed by atoms with van der Waals surface area (Å²) >= 11 is 0. The molecule has 2 atom stereocenters. The van der Waals surface area contributed by atoms with Gasteiger partial charge in [0.05, 0.1) is 0 Å². The van der Waals surface area contributed by atoms with E-state index in [2.05, 4.69) is 17.1 Å². The summed E-state index contributed by atoms with van der Waals surface area (Å²) in [6.07, 6.45) is 5.17. The zero-order valence-electron chi connectivity index (χ0n) is 12.7. The third-order valence-corrected chi connectivity index (χ3v) is 4.38. The van der Waals surface area contributed by atoms with Crippen LogP contribution in [-0.2, 0) is 0 Å². The molecule has 2 nitrogen and oxygen atoms in total. The third-order valence-electron chi connectivity index (χ3n) is 4.38. The first-order chi connectivity index (χ1) is 9.68. The van der Waals surface area contributed by atoms with Gasteiger partial charge in [0.25, 0.3) is 0 Å². The van der Waals surface area contributed by atoms with Gasteiger partial charge in [0.2, 0.25) is 0 Å². The van der Waals surface area contributed by atoms with Crippen molar-refractivity contribution >= 4 is 0 Å². The van der Waals surface area contributed by atoms with Crippen molar-refractivity contribution in [2.24, 2.45) is 0 Å². The van der Waals surface area contributed by atoms with Crippen molar-refractivity contribution in [1.29, 1.82) is 0 Å². The summed E-state index contributed by atoms with van der Waals surface area (Å²) in [5, 5.41) is 3.43. The number of likely N-dealkylation sites (tertiary alicyclic amines) is 1. The fourth-order valence-electron chi connectivity index (χ4n) is 3.03. The number of piperidine rings is 1. The molecule has 0 radical (unpaired) electrons. The lowest BCUT2D eigenvalue weighted by Gasteiger charge is -2.33. The monoisotopic (exact) mass is 278 g/mol. The highest BCUT2D eigenvalue weighted by Crippen LogP contribution is 2.17. The second-order valence-corrected chi connectivity index (χ2v) is 5.93. The van der Waals surface area contributed by atoms with Crippen LogP contribution in [0.5, 0.6) is 0 Å². The molecule has 1 heterocycles. The van der Waals surface area contributed by atoms with Gasteiger partial charge in [-0.3, -0.25) is 0 Å². The Bertz CT molecular complexity index is 408. The predicted octanol–water partition coefficient (Wildman–Crippen LogP) is 3.74. The fraction of sp³-hybridized carbons (Fsp3) is 0.647. The minimum atomic E-state index is -0.114. The van der Waals surface area contributed by atoms with Crippen LogP contribution in [0.4, 0.5) is 4.39 Å². The average molecular weight is 278 g/mol. The van der Waals surface area contributed by atoms with Crippen molar-refractivity contribution in [3.8, 4) is 0 Å². The summed E-state index contributed by atoms with van der Waals surface area (Å²) in [7, 11) is 0. The lowest BCUT2D eigenvalue weighted by molar-refractivity contribution is 0.158. The standard InChI is InChI=1S/C17H27FN2/c1-14-8-5-6-12-20(14)13-7-11-19-15(2)16-9-3-4-10-17(16)18/h3-4,9-10,14-15,19H,5-8,11-13H2,1-2H3. The molecule has 0 aromatic heterocycles. The van der Waals surface area contributed by atoms with Crippen molar-refractivity contribution in [1.82, 2.24) is 10.2 Å². The number of rotatable bonds is 6. The van der Waals surface area contributed by atoms with Gasteiger partial charge in [-0.05, 0) is 58.8 Å². The Kier molecular flexibility index (Phi) is 5.99. The van der Waals surface area contributed by atoms with E-state index in [1.807, 2.05) is 19.1 Å². The Balaban J connectivity index is 1.69. The molecule has 1 fully saturated rings. The van der Waals surface area contributed by atoms with E-state index >= 15 is 0 Å². The number of halogens is 1. The highest BCUT2D eigenvalue weighted by Gasteiger charge is 2.17. The lowest BCUT2D eigenvalue weighted by Crippen LogP contribution is -2.39. The Morgan fingerprint density at radius 1 is 1.35 bits per heavy atom. The second-order valence-electron chi connectivity index (χ2n) is 5.93. The van der Waals surface area contributed by atoms with Gasteiger partial charge in [0, 0.05) is 17.6 Å². The molecular weight excluding hydrogens is 251 g/mol. The van der Waals surface area contributed by atoms with Crippen LogP contribution in [0, 0.1) is 5.82 Å². The average Bonchev–Trinajstić information content (AvgIpc) is 2.45. The molecular formula is C17H27FN2. The van der Waals surface area contributed by atoms with Gasteiger partial charge in [0.15, 0.2) is 0 Å². The largest absolute Gasteiger partial charge is 0.310 e. The number of nitrogens with one attached hydrogen (secondary N) is 1. The highest BCUT2D eigenvalue weighted by atomic mass is 19.1. The molecule has 2 rings (SSSR count). The van der Waals surface area contributed by atoms with Crippen LogP contribution in [-0.4, -0.2) is 30.6 Å². The van der Waals surface area contributed by atoms with Crippen LogP contribution in [0.2, 0.25) is 0 Å². The molecule has 112 valence electrons. The highest BCUT2D eigenvalue weighted by molar-refractivity contribution is 5.20. The summed E-state index contributed by atoms with van der Waals surface area (Å²) in [6, 6.07) is 7.83. The van der Waals surface area contributed by atoms with Gasteiger partial charge in [0.1, 0.15) is 5.82 Å². The van der Waals surface area contributed by atoms with Crippen LogP contribution in [0.3, 0.4) is 0 Å². The van der Waals surface area contributed by atoms with Crippen molar-refractivity contribution in [2.75, 3.05) is 19.6 Å². The van der Waals surface area contributed by atoms with Crippen LogP contribution in [0.15, 0.2) is 24.3 Å². The van der Waals surface area contributed by atoms with Gasteiger partial charge < -0.3 is 10.2 Å². The molecule has 1 aliphatic rings. The van der Waals surface area contributed by atoms with E-state index < -0.39 is 0 Å². The number of hydrogen-bond donors (Lipinski definition) is 1. The SMILES string of the molecule is CC(NCCCN1CCCCC1C)c1ccccc1F. The third kappa shape index (κ3) is 4.29. The van der Waals surface area contributed by atoms with Gasteiger partial charge >= 0.3 is 0 Å². The maximum absolute atomic E-state index is 13.6. The van der Waals surface area contributed by atoms with Crippen LogP contribution < -0.4 is 5.32 Å². The minimum absolute atomic E-state index is 0.0787. The fourth-order valence-corrected chi connectivity index (χ4v) is 3.03. The second kappa shape index (κ2) is 7.75. The molecule has 1 saturated heterocycles. The molecule has 3 heteroatoms. The van der Waals surface area contributed by atoms with Crippen LogP contribution >= 0.6 is 0 Å². The van der Waals surface area contributed by atoms with E-state index in [9.17, 15) is 4.39 Å². The summed E-state index contributed by atoms with van der Waals surface area (Å²) in [5.41, 5.74) is 0.763. The summed E-state index contributed by atoms with van der Waals surface area (Å²) in [6.45, 7) is 7.69. The van der Waals surface area contributed by atoms with Crippen LogP contribution in [0.25, 0.3) is 0 Å². The molecule has 1 aromatic rings. The predicted molar refractivity (Wildman–Crippen MR) is 82.3 cm³/mol. The van der Waals surface area contributed by atoms with E-state index in [0.717, 1.165) is 31.1 Å². The molecule has 20 heavy (non-hydrogen) atoms. The quantitative estimate of drug-likeness (QED) is 0.797. The maximum Gasteiger partial charge on any atom is 0.127 e. The molecule has 1 aromatic carbocycles. The summed E-state index contributed by atoms with van der Waals surface area (Å²) < 4.78 is 13.6. The van der Waals surface area contributed by atoms with E-state index in [4.69, 9.17) is 0 Å².